The van der Waals surface area contributed by atoms with Crippen molar-refractivity contribution >= 4 is 11.6 Å². The summed E-state index contributed by atoms with van der Waals surface area (Å²) in [6.07, 6.45) is 0. The topological polar surface area (TPSA) is 45.5 Å². The third-order valence-corrected chi connectivity index (χ3v) is 4.58. The Kier molecular flexibility index (Phi) is 5.95. The lowest BCUT2D eigenvalue weighted by molar-refractivity contribution is 0.421. The number of aryl methyl sites for hydroxylation is 2. The minimum absolute atomic E-state index is 0.624. The Balaban J connectivity index is 1.65. The molecule has 0 radical (unpaired) electrons. The Bertz CT molecular complexity index is 986. The first-order valence-electron chi connectivity index (χ1n) is 8.90. The first-order chi connectivity index (χ1) is 13.3. The van der Waals surface area contributed by atoms with Crippen LogP contribution in [0, 0.1) is 13.8 Å². The monoisotopic (exact) mass is 398 g/mol. The second-order valence-corrected chi connectivity index (χ2v) is 7.04. The van der Waals surface area contributed by atoms with Crippen LogP contribution in [0.15, 0.2) is 59.3 Å². The third-order valence-electron chi connectivity index (χ3n) is 4.31. The van der Waals surface area contributed by atoms with E-state index >= 15 is 0 Å². The standard InChI is InChI=1S/C22H23ClN2O3/c1-14-16(3)24-25(5)22(14)28-21-12-10-20(11-13-21)27-19-8-6-18(7-9-19)26-17(4)15(2)23/h6-13H,1-5H3/b17-15+. The molecule has 0 bridgehead atoms. The van der Waals surface area contributed by atoms with Crippen molar-refractivity contribution in [3.63, 3.8) is 0 Å². The van der Waals surface area contributed by atoms with Crippen molar-refractivity contribution in [1.29, 1.82) is 0 Å². The van der Waals surface area contributed by atoms with Crippen LogP contribution in [0.4, 0.5) is 0 Å². The van der Waals surface area contributed by atoms with Gasteiger partial charge in [-0.1, -0.05) is 11.6 Å². The molecule has 0 amide bonds. The number of halogens is 1. The molecule has 0 aliphatic heterocycles. The molecule has 0 spiro atoms. The SMILES string of the molecule is C/C(Cl)=C(/C)Oc1ccc(Oc2ccc(Oc3c(C)c(C)nn3C)cc2)cc1. The van der Waals surface area contributed by atoms with Gasteiger partial charge in [0.15, 0.2) is 0 Å². The maximum Gasteiger partial charge on any atom is 0.220 e. The molecule has 3 aromatic rings. The fourth-order valence-corrected chi connectivity index (χ4v) is 2.57. The van der Waals surface area contributed by atoms with Crippen LogP contribution < -0.4 is 14.2 Å². The van der Waals surface area contributed by atoms with Crippen molar-refractivity contribution < 1.29 is 14.2 Å². The highest BCUT2D eigenvalue weighted by molar-refractivity contribution is 6.29. The van der Waals surface area contributed by atoms with Gasteiger partial charge in [-0.15, -0.1) is 0 Å². The van der Waals surface area contributed by atoms with Gasteiger partial charge in [-0.05, 0) is 76.2 Å². The lowest BCUT2D eigenvalue weighted by Crippen LogP contribution is -1.96. The van der Waals surface area contributed by atoms with Gasteiger partial charge in [-0.25, -0.2) is 4.68 Å². The van der Waals surface area contributed by atoms with E-state index in [1.54, 1.807) is 11.6 Å². The molecule has 3 rings (SSSR count). The van der Waals surface area contributed by atoms with Gasteiger partial charge in [0.2, 0.25) is 5.88 Å². The number of hydrogen-bond acceptors (Lipinski definition) is 4. The average Bonchev–Trinajstić information content (AvgIpc) is 2.91. The highest BCUT2D eigenvalue weighted by atomic mass is 35.5. The Morgan fingerprint density at radius 3 is 1.71 bits per heavy atom. The molecule has 0 aliphatic rings. The first kappa shape index (κ1) is 19.8. The van der Waals surface area contributed by atoms with Crippen molar-refractivity contribution in [2.75, 3.05) is 0 Å². The maximum absolute atomic E-state index is 5.95. The van der Waals surface area contributed by atoms with E-state index in [0.29, 0.717) is 28.0 Å². The highest BCUT2D eigenvalue weighted by Gasteiger charge is 2.11. The predicted octanol–water partition coefficient (Wildman–Crippen LogP) is 6.49. The van der Waals surface area contributed by atoms with Crippen LogP contribution in [-0.2, 0) is 7.05 Å². The Hall–Kier alpha value is -2.92. The van der Waals surface area contributed by atoms with E-state index in [1.807, 2.05) is 76.3 Å². The molecule has 6 heteroatoms. The number of hydrogen-bond donors (Lipinski definition) is 0. The smallest absolute Gasteiger partial charge is 0.220 e. The minimum atomic E-state index is 0.624. The lowest BCUT2D eigenvalue weighted by atomic mass is 10.3. The van der Waals surface area contributed by atoms with Gasteiger partial charge in [0.1, 0.15) is 28.8 Å². The normalized spacial score (nSPS) is 11.8. The summed E-state index contributed by atoms with van der Waals surface area (Å²) in [5, 5.41) is 4.99. The molecular formula is C22H23ClN2O3. The molecule has 0 aliphatic carbocycles. The predicted molar refractivity (Wildman–Crippen MR) is 111 cm³/mol. The molecule has 0 N–H and O–H groups in total. The molecule has 0 atom stereocenters. The van der Waals surface area contributed by atoms with Crippen LogP contribution in [0.1, 0.15) is 25.1 Å². The fourth-order valence-electron chi connectivity index (χ4n) is 2.53. The van der Waals surface area contributed by atoms with Crippen LogP contribution >= 0.6 is 11.6 Å². The Morgan fingerprint density at radius 1 is 0.821 bits per heavy atom. The summed E-state index contributed by atoms with van der Waals surface area (Å²) in [4.78, 5) is 0. The zero-order valence-electron chi connectivity index (χ0n) is 16.6. The average molecular weight is 399 g/mol. The summed E-state index contributed by atoms with van der Waals surface area (Å²) in [6, 6.07) is 14.8. The summed E-state index contributed by atoms with van der Waals surface area (Å²) in [5.74, 6) is 4.26. The van der Waals surface area contributed by atoms with Gasteiger partial charge in [0.25, 0.3) is 0 Å². The Labute approximate surface area is 170 Å². The summed E-state index contributed by atoms with van der Waals surface area (Å²) < 4.78 is 19.2. The van der Waals surface area contributed by atoms with E-state index < -0.39 is 0 Å². The Morgan fingerprint density at radius 2 is 1.29 bits per heavy atom. The summed E-state index contributed by atoms with van der Waals surface area (Å²) in [7, 11) is 1.87. The van der Waals surface area contributed by atoms with Crippen LogP contribution in [-0.4, -0.2) is 9.78 Å². The molecular weight excluding hydrogens is 376 g/mol. The van der Waals surface area contributed by atoms with Crippen LogP contribution in [0.5, 0.6) is 28.9 Å². The maximum atomic E-state index is 5.95. The number of rotatable bonds is 6. The molecule has 1 aromatic heterocycles. The van der Waals surface area contributed by atoms with E-state index in [4.69, 9.17) is 25.8 Å². The molecule has 2 aromatic carbocycles. The summed E-state index contributed by atoms with van der Waals surface area (Å²) >= 11 is 5.91. The zero-order chi connectivity index (χ0) is 20.3. The molecule has 1 heterocycles. The highest BCUT2D eigenvalue weighted by Crippen LogP contribution is 2.30. The molecule has 0 unspecified atom stereocenters. The number of ether oxygens (including phenoxy) is 3. The number of allylic oxidation sites excluding steroid dienone is 2. The van der Waals surface area contributed by atoms with Crippen molar-refractivity contribution in [2.45, 2.75) is 27.7 Å². The van der Waals surface area contributed by atoms with Crippen LogP contribution in [0.25, 0.3) is 0 Å². The van der Waals surface area contributed by atoms with Gasteiger partial charge in [-0.3, -0.25) is 0 Å². The number of aromatic nitrogens is 2. The third kappa shape index (κ3) is 4.67. The van der Waals surface area contributed by atoms with E-state index in [9.17, 15) is 0 Å². The van der Waals surface area contributed by atoms with E-state index in [1.165, 1.54) is 0 Å². The minimum Gasteiger partial charge on any atom is -0.461 e. The molecule has 146 valence electrons. The van der Waals surface area contributed by atoms with Crippen LogP contribution in [0.2, 0.25) is 0 Å². The number of benzene rings is 2. The second kappa shape index (κ2) is 8.40. The molecule has 0 fully saturated rings. The van der Waals surface area contributed by atoms with Crippen molar-refractivity contribution in [3.05, 3.63) is 70.6 Å². The van der Waals surface area contributed by atoms with Gasteiger partial charge >= 0.3 is 0 Å². The summed E-state index contributed by atoms with van der Waals surface area (Å²) in [5.41, 5.74) is 1.98. The second-order valence-electron chi connectivity index (χ2n) is 6.48. The molecule has 5 nitrogen and oxygen atoms in total. The zero-order valence-corrected chi connectivity index (χ0v) is 17.4. The van der Waals surface area contributed by atoms with Gasteiger partial charge in [-0.2, -0.15) is 5.10 Å². The number of nitrogens with zero attached hydrogens (tertiary/aromatic N) is 2. The fraction of sp³-hybridized carbons (Fsp3) is 0.227. The quantitative estimate of drug-likeness (QED) is 0.445. The molecule has 0 saturated carbocycles. The largest absolute Gasteiger partial charge is 0.461 e. The first-order valence-corrected chi connectivity index (χ1v) is 9.28. The lowest BCUT2D eigenvalue weighted by Gasteiger charge is -2.10. The van der Waals surface area contributed by atoms with Gasteiger partial charge in [0, 0.05) is 12.6 Å². The van der Waals surface area contributed by atoms with Crippen molar-refractivity contribution in [1.82, 2.24) is 9.78 Å². The van der Waals surface area contributed by atoms with Crippen LogP contribution in [0.3, 0.4) is 0 Å². The summed E-state index contributed by atoms with van der Waals surface area (Å²) in [6.45, 7) is 7.57. The molecule has 0 saturated heterocycles. The van der Waals surface area contributed by atoms with Crippen molar-refractivity contribution in [2.24, 2.45) is 7.05 Å². The molecule has 28 heavy (non-hydrogen) atoms. The van der Waals surface area contributed by atoms with E-state index in [0.717, 1.165) is 22.9 Å². The van der Waals surface area contributed by atoms with Gasteiger partial charge < -0.3 is 14.2 Å². The van der Waals surface area contributed by atoms with Crippen molar-refractivity contribution in [3.8, 4) is 28.9 Å². The van der Waals surface area contributed by atoms with E-state index in [-0.39, 0.29) is 0 Å². The van der Waals surface area contributed by atoms with E-state index in [2.05, 4.69) is 5.10 Å². The van der Waals surface area contributed by atoms with Gasteiger partial charge in [0.05, 0.1) is 10.7 Å².